The maximum atomic E-state index is 10.8. The van der Waals surface area contributed by atoms with Crippen LogP contribution in [0.5, 0.6) is 5.75 Å². The molecule has 5 nitrogen and oxygen atoms in total. The molecule has 0 spiro atoms. The lowest BCUT2D eigenvalue weighted by molar-refractivity contribution is -0.384. The zero-order chi connectivity index (χ0) is 16.7. The molecule has 0 amide bonds. The molecule has 0 atom stereocenters. The van der Waals surface area contributed by atoms with Crippen LogP contribution in [0.2, 0.25) is 0 Å². The Morgan fingerprint density at radius 3 is 2.61 bits per heavy atom. The molecule has 2 aromatic rings. The molecule has 0 aliphatic rings. The lowest BCUT2D eigenvalue weighted by Gasteiger charge is -1.99. The summed E-state index contributed by atoms with van der Waals surface area (Å²) in [5, 5.41) is 20.0. The second kappa shape index (κ2) is 7.57. The molecule has 0 bridgehead atoms. The second-order valence-corrected chi connectivity index (χ2v) is 4.63. The van der Waals surface area contributed by atoms with Gasteiger partial charge < -0.3 is 4.74 Å². The summed E-state index contributed by atoms with van der Waals surface area (Å²) in [4.78, 5) is 10.3. The normalized spacial score (nSPS) is 11.2. The Bertz CT molecular complexity index is 800. The van der Waals surface area contributed by atoms with Gasteiger partial charge in [-0.15, -0.1) is 0 Å². The van der Waals surface area contributed by atoms with E-state index in [1.54, 1.807) is 31.4 Å². The first-order chi connectivity index (χ1) is 11.1. The van der Waals surface area contributed by atoms with Crippen LogP contribution in [0.25, 0.3) is 11.6 Å². The number of allylic oxidation sites excluding steroid dienone is 3. The number of non-ortho nitro benzene ring substituents is 1. The van der Waals surface area contributed by atoms with Gasteiger partial charge >= 0.3 is 0 Å². The van der Waals surface area contributed by atoms with Gasteiger partial charge in [-0.05, 0) is 29.3 Å². The molecule has 0 saturated heterocycles. The highest BCUT2D eigenvalue weighted by Crippen LogP contribution is 2.20. The van der Waals surface area contributed by atoms with Gasteiger partial charge in [0.1, 0.15) is 5.75 Å². The van der Waals surface area contributed by atoms with Gasteiger partial charge in [0.2, 0.25) is 0 Å². The number of hydrogen-bond acceptors (Lipinski definition) is 4. The van der Waals surface area contributed by atoms with E-state index in [1.165, 1.54) is 12.1 Å². The summed E-state index contributed by atoms with van der Waals surface area (Å²) < 4.78 is 5.08. The van der Waals surface area contributed by atoms with Crippen molar-refractivity contribution in [3.63, 3.8) is 0 Å². The van der Waals surface area contributed by atoms with Gasteiger partial charge in [-0.25, -0.2) is 0 Å². The number of nitro groups is 1. The molecular weight excluding hydrogens is 292 g/mol. The Kier molecular flexibility index (Phi) is 5.26. The van der Waals surface area contributed by atoms with Gasteiger partial charge in [0.15, 0.2) is 0 Å². The van der Waals surface area contributed by atoms with Crippen molar-refractivity contribution in [3.05, 3.63) is 81.9 Å². The third-order valence-electron chi connectivity index (χ3n) is 3.16. The van der Waals surface area contributed by atoms with Gasteiger partial charge in [0.05, 0.1) is 23.7 Å². The summed E-state index contributed by atoms with van der Waals surface area (Å²) >= 11 is 0. The van der Waals surface area contributed by atoms with Crippen molar-refractivity contribution in [1.82, 2.24) is 0 Å². The molecule has 0 saturated carbocycles. The van der Waals surface area contributed by atoms with Crippen molar-refractivity contribution in [3.8, 4) is 11.8 Å². The molecule has 114 valence electrons. The van der Waals surface area contributed by atoms with Crippen molar-refractivity contribution in [2.45, 2.75) is 0 Å². The molecule has 23 heavy (non-hydrogen) atoms. The average Bonchev–Trinajstić information content (AvgIpc) is 2.59. The maximum Gasteiger partial charge on any atom is 0.270 e. The molecule has 0 radical (unpaired) electrons. The number of nitriles is 1. The molecule has 0 aliphatic carbocycles. The summed E-state index contributed by atoms with van der Waals surface area (Å²) in [6.45, 7) is 0. The van der Waals surface area contributed by atoms with E-state index < -0.39 is 4.92 Å². The predicted molar refractivity (Wildman–Crippen MR) is 88.7 cm³/mol. The molecular formula is C18H14N2O3. The Morgan fingerprint density at radius 1 is 1.26 bits per heavy atom. The largest absolute Gasteiger partial charge is 0.497 e. The Hall–Kier alpha value is -3.39. The number of methoxy groups -OCH3 is 1. The molecule has 0 N–H and O–H groups in total. The van der Waals surface area contributed by atoms with Gasteiger partial charge in [-0.1, -0.05) is 36.4 Å². The summed E-state index contributed by atoms with van der Waals surface area (Å²) in [7, 11) is 1.60. The molecule has 5 heteroatoms. The minimum atomic E-state index is -0.480. The van der Waals surface area contributed by atoms with Crippen LogP contribution in [0.15, 0.2) is 60.7 Å². The second-order valence-electron chi connectivity index (χ2n) is 4.63. The van der Waals surface area contributed by atoms with E-state index in [-0.39, 0.29) is 5.69 Å². The fraction of sp³-hybridized carbons (Fsp3) is 0.0556. The van der Waals surface area contributed by atoms with Crippen LogP contribution in [-0.2, 0) is 0 Å². The predicted octanol–water partition coefficient (Wildman–Crippen LogP) is 4.22. The fourth-order valence-electron chi connectivity index (χ4n) is 1.96. The monoisotopic (exact) mass is 306 g/mol. The minimum Gasteiger partial charge on any atom is -0.497 e. The molecule has 0 aromatic heterocycles. The van der Waals surface area contributed by atoms with Gasteiger partial charge in [-0.2, -0.15) is 5.26 Å². The first kappa shape index (κ1) is 16.0. The van der Waals surface area contributed by atoms with Gasteiger partial charge in [0, 0.05) is 12.1 Å². The highest BCUT2D eigenvalue weighted by Gasteiger charge is 2.07. The van der Waals surface area contributed by atoms with E-state index in [0.717, 1.165) is 11.3 Å². The summed E-state index contributed by atoms with van der Waals surface area (Å²) in [6.07, 6.45) is 5.20. The smallest absolute Gasteiger partial charge is 0.270 e. The molecule has 2 aromatic carbocycles. The quantitative estimate of drug-likeness (QED) is 0.358. The van der Waals surface area contributed by atoms with Crippen molar-refractivity contribution < 1.29 is 9.66 Å². The Morgan fingerprint density at radius 2 is 2.00 bits per heavy atom. The van der Waals surface area contributed by atoms with E-state index >= 15 is 0 Å². The fourth-order valence-corrected chi connectivity index (χ4v) is 1.96. The first-order valence-corrected chi connectivity index (χ1v) is 6.81. The molecule has 0 heterocycles. The van der Waals surface area contributed by atoms with Crippen LogP contribution < -0.4 is 4.74 Å². The van der Waals surface area contributed by atoms with E-state index in [9.17, 15) is 15.4 Å². The molecule has 0 fully saturated rings. The van der Waals surface area contributed by atoms with Gasteiger partial charge in [0.25, 0.3) is 5.69 Å². The van der Waals surface area contributed by atoms with Crippen LogP contribution in [-0.4, -0.2) is 12.0 Å². The van der Waals surface area contributed by atoms with Crippen LogP contribution in [0.4, 0.5) is 5.69 Å². The summed E-state index contributed by atoms with van der Waals surface area (Å²) in [6, 6.07) is 15.5. The lowest BCUT2D eigenvalue weighted by atomic mass is 10.1. The third-order valence-corrected chi connectivity index (χ3v) is 3.16. The summed E-state index contributed by atoms with van der Waals surface area (Å²) in [5.74, 6) is 0.770. The zero-order valence-electron chi connectivity index (χ0n) is 12.5. The van der Waals surface area contributed by atoms with Crippen LogP contribution >= 0.6 is 0 Å². The molecule has 2 rings (SSSR count). The highest BCUT2D eigenvalue weighted by atomic mass is 16.6. The van der Waals surface area contributed by atoms with Crippen molar-refractivity contribution in [2.24, 2.45) is 0 Å². The number of ether oxygens (including phenoxy) is 1. The average molecular weight is 306 g/mol. The van der Waals surface area contributed by atoms with E-state index in [4.69, 9.17) is 4.74 Å². The van der Waals surface area contributed by atoms with E-state index in [2.05, 4.69) is 6.07 Å². The van der Waals surface area contributed by atoms with Crippen molar-refractivity contribution in [1.29, 1.82) is 5.26 Å². The highest BCUT2D eigenvalue weighted by molar-refractivity contribution is 5.79. The summed E-state index contributed by atoms with van der Waals surface area (Å²) in [5.41, 5.74) is 1.79. The first-order valence-electron chi connectivity index (χ1n) is 6.81. The zero-order valence-corrected chi connectivity index (χ0v) is 12.5. The van der Waals surface area contributed by atoms with E-state index in [0.29, 0.717) is 11.1 Å². The maximum absolute atomic E-state index is 10.8. The minimum absolute atomic E-state index is 0.0391. The standard InChI is InChI=1S/C18H14N2O3/c1-23-18-10-8-14(9-11-18)4-2-6-16(13-19)15-5-3-7-17(12-15)20(21)22/h2-12H,1H3/b4-2+,16-6-. The van der Waals surface area contributed by atoms with Crippen LogP contribution in [0.3, 0.4) is 0 Å². The van der Waals surface area contributed by atoms with Crippen molar-refractivity contribution in [2.75, 3.05) is 7.11 Å². The van der Waals surface area contributed by atoms with Crippen molar-refractivity contribution >= 4 is 17.3 Å². The van der Waals surface area contributed by atoms with Gasteiger partial charge in [-0.3, -0.25) is 10.1 Å². The van der Waals surface area contributed by atoms with E-state index in [1.807, 2.05) is 30.3 Å². The SMILES string of the molecule is COc1ccc(/C=C/C=C(/C#N)c2cccc([N+](=O)[O-])c2)cc1. The number of nitrogens with zero attached hydrogens (tertiary/aromatic N) is 2. The number of rotatable bonds is 5. The number of benzene rings is 2. The Balaban J connectivity index is 2.21. The third kappa shape index (κ3) is 4.29. The number of nitro benzene ring substituents is 1. The molecule has 0 aliphatic heterocycles. The van der Waals surface area contributed by atoms with Crippen LogP contribution in [0.1, 0.15) is 11.1 Å². The topological polar surface area (TPSA) is 76.2 Å². The Labute approximate surface area is 133 Å². The number of hydrogen-bond donors (Lipinski definition) is 0. The molecule has 0 unspecified atom stereocenters. The lowest BCUT2D eigenvalue weighted by Crippen LogP contribution is -1.89. The van der Waals surface area contributed by atoms with Crippen LogP contribution in [0, 0.1) is 21.4 Å².